The summed E-state index contributed by atoms with van der Waals surface area (Å²) < 4.78 is 40.6. The Labute approximate surface area is 261 Å². The zero-order valence-electron chi connectivity index (χ0n) is 24.9. The maximum absolute atomic E-state index is 10.8. The quantitative estimate of drug-likeness (QED) is 0.0837. The summed E-state index contributed by atoms with van der Waals surface area (Å²) in [5.74, 6) is -2.18. The smallest absolute Gasteiger partial charge is 0.200 e. The molecule has 0 aliphatic carbocycles. The third-order valence-corrected chi connectivity index (χ3v) is 6.85. The van der Waals surface area contributed by atoms with Crippen molar-refractivity contribution in [2.75, 3.05) is 66.0 Å². The summed E-state index contributed by atoms with van der Waals surface area (Å²) in [6.07, 6.45) is -2.83. The summed E-state index contributed by atoms with van der Waals surface area (Å²) in [7, 11) is 0. The first kappa shape index (κ1) is 34.1. The maximum Gasteiger partial charge on any atom is 0.200 e. The van der Waals surface area contributed by atoms with Crippen LogP contribution in [0.2, 0.25) is 0 Å². The molecule has 0 bridgehead atoms. The number of fused-ring (bicyclic) bond motifs is 1. The van der Waals surface area contributed by atoms with Crippen molar-refractivity contribution in [3.63, 3.8) is 0 Å². The zero-order valence-corrected chi connectivity index (χ0v) is 24.9. The van der Waals surface area contributed by atoms with E-state index in [1.54, 1.807) is 0 Å². The second kappa shape index (κ2) is 17.6. The van der Waals surface area contributed by atoms with Crippen LogP contribution in [0.5, 0.6) is 34.5 Å². The molecule has 7 N–H and O–H groups in total. The van der Waals surface area contributed by atoms with Gasteiger partial charge in [-0.1, -0.05) is 30.3 Å². The van der Waals surface area contributed by atoms with Gasteiger partial charge in [0.05, 0.1) is 71.6 Å². The molecule has 0 saturated carbocycles. The second-order valence-corrected chi connectivity index (χ2v) is 10.1. The van der Waals surface area contributed by atoms with Crippen molar-refractivity contribution < 1.29 is 58.7 Å². The number of hydrogen-bond acceptors (Lipinski definition) is 13. The van der Waals surface area contributed by atoms with Gasteiger partial charge in [0.1, 0.15) is 29.5 Å². The number of ether oxygens (including phenoxy) is 7. The molecule has 3 aromatic rings. The molecule has 13 heteroatoms. The zero-order chi connectivity index (χ0) is 32.0. The van der Waals surface area contributed by atoms with Crippen LogP contribution in [0.3, 0.4) is 0 Å². The van der Waals surface area contributed by atoms with Gasteiger partial charge in [0.25, 0.3) is 0 Å². The largest absolute Gasteiger partial charge is 0.508 e. The molecule has 0 radical (unpaired) electrons. The van der Waals surface area contributed by atoms with Gasteiger partial charge in [0, 0.05) is 24.2 Å². The standard InChI is InChI=1S/C32H41NO12/c33-6-7-39-8-9-40-10-11-41-12-13-42-14-15-43-31-28-24(35)18-23(34)19-27(28)45-30(22-16-25(36)29(38)26(37)17-22)32(31)44-20-21-4-2-1-3-5-21/h1-5,16-19,30-32,34-38H,6-15,20,33H2. The van der Waals surface area contributed by atoms with Crippen LogP contribution in [-0.4, -0.2) is 97.6 Å². The fraction of sp³-hybridized carbons (Fsp3) is 0.438. The Morgan fingerprint density at radius 3 is 1.82 bits per heavy atom. The molecule has 45 heavy (non-hydrogen) atoms. The van der Waals surface area contributed by atoms with Gasteiger partial charge in [-0.25, -0.2) is 0 Å². The Morgan fingerprint density at radius 2 is 1.22 bits per heavy atom. The minimum Gasteiger partial charge on any atom is -0.508 e. The molecule has 3 atom stereocenters. The third-order valence-electron chi connectivity index (χ3n) is 6.85. The molecule has 0 aromatic heterocycles. The lowest BCUT2D eigenvalue weighted by atomic mass is 9.90. The van der Waals surface area contributed by atoms with Crippen LogP contribution < -0.4 is 10.5 Å². The van der Waals surface area contributed by atoms with Gasteiger partial charge in [-0.15, -0.1) is 0 Å². The van der Waals surface area contributed by atoms with Crippen molar-refractivity contribution in [1.82, 2.24) is 0 Å². The first-order valence-corrected chi connectivity index (χ1v) is 14.6. The molecule has 1 aliphatic heterocycles. The average molecular weight is 632 g/mol. The van der Waals surface area contributed by atoms with Crippen molar-refractivity contribution in [1.29, 1.82) is 0 Å². The van der Waals surface area contributed by atoms with E-state index in [1.165, 1.54) is 24.3 Å². The first-order valence-electron chi connectivity index (χ1n) is 14.6. The lowest BCUT2D eigenvalue weighted by Crippen LogP contribution is -2.38. The topological polar surface area (TPSA) is 192 Å². The van der Waals surface area contributed by atoms with Crippen molar-refractivity contribution >= 4 is 0 Å². The van der Waals surface area contributed by atoms with Crippen molar-refractivity contribution in [2.45, 2.75) is 24.9 Å². The van der Waals surface area contributed by atoms with Crippen LogP contribution in [0.15, 0.2) is 54.6 Å². The second-order valence-electron chi connectivity index (χ2n) is 10.1. The highest BCUT2D eigenvalue weighted by Gasteiger charge is 2.43. The highest BCUT2D eigenvalue weighted by molar-refractivity contribution is 5.55. The normalized spacial score (nSPS) is 17.6. The molecule has 0 spiro atoms. The highest BCUT2D eigenvalue weighted by Crippen LogP contribution is 2.51. The van der Waals surface area contributed by atoms with Crippen LogP contribution in [0.1, 0.15) is 28.9 Å². The van der Waals surface area contributed by atoms with Gasteiger partial charge in [-0.3, -0.25) is 0 Å². The van der Waals surface area contributed by atoms with E-state index in [2.05, 4.69) is 0 Å². The van der Waals surface area contributed by atoms with E-state index < -0.39 is 35.6 Å². The maximum atomic E-state index is 10.8. The van der Waals surface area contributed by atoms with Crippen LogP contribution >= 0.6 is 0 Å². The van der Waals surface area contributed by atoms with E-state index in [9.17, 15) is 25.5 Å². The number of phenolic OH excluding ortho intramolecular Hbond substituents is 5. The molecule has 246 valence electrons. The average Bonchev–Trinajstić information content (AvgIpc) is 3.02. The summed E-state index contributed by atoms with van der Waals surface area (Å²) in [6.45, 7) is 3.87. The minimum absolute atomic E-state index is 0.0975. The van der Waals surface area contributed by atoms with Crippen molar-refractivity contribution in [3.8, 4) is 34.5 Å². The summed E-state index contributed by atoms with van der Waals surface area (Å²) >= 11 is 0. The molecule has 1 heterocycles. The molecule has 13 nitrogen and oxygen atoms in total. The van der Waals surface area contributed by atoms with Crippen molar-refractivity contribution in [2.24, 2.45) is 5.73 Å². The highest BCUT2D eigenvalue weighted by atomic mass is 16.6. The Kier molecular flexibility index (Phi) is 13.3. The van der Waals surface area contributed by atoms with E-state index in [0.29, 0.717) is 52.8 Å². The van der Waals surface area contributed by atoms with Crippen LogP contribution in [0.4, 0.5) is 0 Å². The molecular weight excluding hydrogens is 590 g/mol. The van der Waals surface area contributed by atoms with Gasteiger partial charge in [0.15, 0.2) is 23.4 Å². The minimum atomic E-state index is -0.992. The Bertz CT molecular complexity index is 1300. The van der Waals surface area contributed by atoms with E-state index >= 15 is 0 Å². The Balaban J connectivity index is 1.41. The summed E-state index contributed by atoms with van der Waals surface area (Å²) in [5, 5.41) is 51.4. The molecule has 0 amide bonds. The van der Waals surface area contributed by atoms with Crippen LogP contribution in [0, 0.1) is 0 Å². The monoisotopic (exact) mass is 631 g/mol. The predicted molar refractivity (Wildman–Crippen MR) is 161 cm³/mol. The molecule has 3 unspecified atom stereocenters. The SMILES string of the molecule is NCCOCCOCCOCCOCCOC1c2c(O)cc(O)cc2OC(c2cc(O)c(O)c(O)c2)C1OCc1ccccc1. The molecule has 0 fully saturated rings. The van der Waals surface area contributed by atoms with E-state index in [-0.39, 0.29) is 48.2 Å². The van der Waals surface area contributed by atoms with Gasteiger partial charge in [0.2, 0.25) is 0 Å². The van der Waals surface area contributed by atoms with Gasteiger partial charge in [-0.2, -0.15) is 0 Å². The Morgan fingerprint density at radius 1 is 0.644 bits per heavy atom. The molecular formula is C32H41NO12. The van der Waals surface area contributed by atoms with Gasteiger partial charge < -0.3 is 64.4 Å². The van der Waals surface area contributed by atoms with E-state index in [4.69, 9.17) is 38.9 Å². The van der Waals surface area contributed by atoms with Gasteiger partial charge in [-0.05, 0) is 17.7 Å². The van der Waals surface area contributed by atoms with Gasteiger partial charge >= 0.3 is 0 Å². The summed E-state index contributed by atoms with van der Waals surface area (Å²) in [4.78, 5) is 0. The summed E-state index contributed by atoms with van der Waals surface area (Å²) in [6, 6.07) is 14.4. The number of benzene rings is 3. The first-order chi connectivity index (χ1) is 21.9. The number of nitrogens with two attached hydrogens (primary N) is 1. The van der Waals surface area contributed by atoms with Crippen molar-refractivity contribution in [3.05, 3.63) is 71.3 Å². The number of hydrogen-bond donors (Lipinski definition) is 6. The third kappa shape index (κ3) is 9.83. The number of phenols is 5. The van der Waals surface area contributed by atoms with Crippen LogP contribution in [0.25, 0.3) is 0 Å². The molecule has 1 aliphatic rings. The fourth-order valence-electron chi connectivity index (χ4n) is 4.75. The molecule has 3 aromatic carbocycles. The Hall–Kier alpha value is -3.82. The number of aromatic hydroxyl groups is 5. The fourth-order valence-corrected chi connectivity index (χ4v) is 4.75. The van der Waals surface area contributed by atoms with E-state index in [1.807, 2.05) is 30.3 Å². The number of rotatable bonds is 19. The van der Waals surface area contributed by atoms with E-state index in [0.717, 1.165) is 5.56 Å². The van der Waals surface area contributed by atoms with Crippen LogP contribution in [-0.2, 0) is 35.0 Å². The summed E-state index contributed by atoms with van der Waals surface area (Å²) in [5.41, 5.74) is 6.74. The predicted octanol–water partition coefficient (Wildman–Crippen LogP) is 3.02. The molecule has 0 saturated heterocycles. The molecule has 4 rings (SSSR count). The lowest BCUT2D eigenvalue weighted by Gasteiger charge is -2.39. The lowest BCUT2D eigenvalue weighted by molar-refractivity contribution is -0.145.